The third-order valence-corrected chi connectivity index (χ3v) is 4.23. The van der Waals surface area contributed by atoms with E-state index in [2.05, 4.69) is 11.8 Å². The molecule has 0 aromatic carbocycles. The Bertz CT molecular complexity index is 246. The molecule has 1 saturated carbocycles. The van der Waals surface area contributed by atoms with Crippen molar-refractivity contribution in [3.05, 3.63) is 0 Å². The van der Waals surface area contributed by atoms with Crippen molar-refractivity contribution in [3.63, 3.8) is 0 Å². The lowest BCUT2D eigenvalue weighted by Gasteiger charge is -2.26. The molecule has 0 aromatic rings. The van der Waals surface area contributed by atoms with Crippen molar-refractivity contribution >= 4 is 5.91 Å². The Morgan fingerprint density at radius 1 is 1.25 bits per heavy atom. The predicted molar refractivity (Wildman–Crippen MR) is 64.9 cm³/mol. The highest BCUT2D eigenvalue weighted by Gasteiger charge is 2.32. The van der Waals surface area contributed by atoms with Gasteiger partial charge in [0.25, 0.3) is 0 Å². The monoisotopic (exact) mass is 224 g/mol. The van der Waals surface area contributed by atoms with Crippen LogP contribution in [0, 0.1) is 11.8 Å². The average Bonchev–Trinajstić information content (AvgIpc) is 2.78. The van der Waals surface area contributed by atoms with E-state index in [1.165, 1.54) is 19.3 Å². The van der Waals surface area contributed by atoms with E-state index in [4.69, 9.17) is 5.73 Å². The zero-order valence-electron chi connectivity index (χ0n) is 10.3. The largest absolute Gasteiger partial charge is 0.342 e. The van der Waals surface area contributed by atoms with Gasteiger partial charge >= 0.3 is 0 Å². The Morgan fingerprint density at radius 2 is 1.94 bits per heavy atom. The van der Waals surface area contributed by atoms with E-state index < -0.39 is 0 Å². The molecule has 0 bridgehead atoms. The molecule has 1 aliphatic heterocycles. The molecular weight excluding hydrogens is 200 g/mol. The molecule has 2 atom stereocenters. The first-order valence-electron chi connectivity index (χ1n) is 6.73. The Morgan fingerprint density at radius 3 is 2.50 bits per heavy atom. The summed E-state index contributed by atoms with van der Waals surface area (Å²) in [4.78, 5) is 14.3. The number of carbonyl (C=O) groups is 1. The normalized spacial score (nSPS) is 29.4. The summed E-state index contributed by atoms with van der Waals surface area (Å²) < 4.78 is 0. The molecule has 16 heavy (non-hydrogen) atoms. The van der Waals surface area contributed by atoms with Gasteiger partial charge in [-0.1, -0.05) is 19.3 Å². The first-order valence-corrected chi connectivity index (χ1v) is 6.73. The molecule has 1 saturated heterocycles. The van der Waals surface area contributed by atoms with Gasteiger partial charge in [0.05, 0.1) is 0 Å². The van der Waals surface area contributed by atoms with Gasteiger partial charge in [0.15, 0.2) is 0 Å². The summed E-state index contributed by atoms with van der Waals surface area (Å²) in [5.41, 5.74) is 5.90. The van der Waals surface area contributed by atoms with Gasteiger partial charge in [0.1, 0.15) is 0 Å². The molecule has 3 heteroatoms. The zero-order valence-corrected chi connectivity index (χ0v) is 10.3. The first-order chi connectivity index (χ1) is 7.68. The minimum atomic E-state index is 0.226. The van der Waals surface area contributed by atoms with E-state index in [9.17, 15) is 4.79 Å². The Balaban J connectivity index is 1.86. The van der Waals surface area contributed by atoms with E-state index in [1.54, 1.807) is 0 Å². The van der Waals surface area contributed by atoms with Crippen LogP contribution >= 0.6 is 0 Å². The molecule has 2 fully saturated rings. The summed E-state index contributed by atoms with van der Waals surface area (Å²) in [6, 6.07) is 0.226. The molecule has 3 nitrogen and oxygen atoms in total. The third kappa shape index (κ3) is 2.57. The minimum absolute atomic E-state index is 0.226. The summed E-state index contributed by atoms with van der Waals surface area (Å²) in [6.07, 6.45) is 7.10. The van der Waals surface area contributed by atoms with Crippen LogP contribution in [-0.2, 0) is 4.79 Å². The second kappa shape index (κ2) is 5.17. The van der Waals surface area contributed by atoms with Crippen molar-refractivity contribution in [3.8, 4) is 0 Å². The van der Waals surface area contributed by atoms with E-state index in [0.29, 0.717) is 17.7 Å². The van der Waals surface area contributed by atoms with Crippen molar-refractivity contribution in [2.24, 2.45) is 17.6 Å². The maximum atomic E-state index is 12.3. The molecule has 1 aliphatic carbocycles. The van der Waals surface area contributed by atoms with Gasteiger partial charge in [-0.25, -0.2) is 0 Å². The maximum Gasteiger partial charge on any atom is 0.225 e. The van der Waals surface area contributed by atoms with Crippen LogP contribution in [0.15, 0.2) is 0 Å². The molecule has 92 valence electrons. The van der Waals surface area contributed by atoms with Gasteiger partial charge < -0.3 is 10.6 Å². The summed E-state index contributed by atoms with van der Waals surface area (Å²) >= 11 is 0. The van der Waals surface area contributed by atoms with Crippen molar-refractivity contribution < 1.29 is 4.79 Å². The Kier molecular flexibility index (Phi) is 3.85. The molecular formula is C13H24N2O. The number of hydrogen-bond donors (Lipinski definition) is 1. The van der Waals surface area contributed by atoms with Crippen molar-refractivity contribution in [1.82, 2.24) is 4.90 Å². The highest BCUT2D eigenvalue weighted by atomic mass is 16.2. The van der Waals surface area contributed by atoms with Crippen LogP contribution in [-0.4, -0.2) is 29.9 Å². The van der Waals surface area contributed by atoms with Crippen molar-refractivity contribution in [2.75, 3.05) is 13.1 Å². The first kappa shape index (κ1) is 11.9. The lowest BCUT2D eigenvalue weighted by atomic mass is 9.88. The lowest BCUT2D eigenvalue weighted by Crippen LogP contribution is -2.37. The number of amides is 1. The van der Waals surface area contributed by atoms with Gasteiger partial charge in [-0.05, 0) is 32.1 Å². The van der Waals surface area contributed by atoms with Crippen LogP contribution in [0.1, 0.15) is 45.4 Å². The number of hydrogen-bond acceptors (Lipinski definition) is 2. The van der Waals surface area contributed by atoms with E-state index in [-0.39, 0.29) is 6.04 Å². The van der Waals surface area contributed by atoms with E-state index in [0.717, 1.165) is 32.4 Å². The fraction of sp³-hybridized carbons (Fsp3) is 0.923. The van der Waals surface area contributed by atoms with Crippen molar-refractivity contribution in [1.29, 1.82) is 0 Å². The average molecular weight is 224 g/mol. The van der Waals surface area contributed by atoms with Crippen molar-refractivity contribution in [2.45, 2.75) is 51.5 Å². The molecule has 0 spiro atoms. The molecule has 0 aromatic heterocycles. The fourth-order valence-corrected chi connectivity index (χ4v) is 3.02. The molecule has 2 rings (SSSR count). The summed E-state index contributed by atoms with van der Waals surface area (Å²) in [5.74, 6) is 1.25. The van der Waals surface area contributed by atoms with E-state index in [1.807, 2.05) is 0 Å². The van der Waals surface area contributed by atoms with E-state index >= 15 is 0 Å². The number of nitrogens with two attached hydrogens (primary N) is 1. The van der Waals surface area contributed by atoms with Crippen LogP contribution in [0.25, 0.3) is 0 Å². The van der Waals surface area contributed by atoms with Gasteiger partial charge in [-0.3, -0.25) is 4.79 Å². The number of nitrogens with zero attached hydrogens (tertiary/aromatic N) is 1. The maximum absolute atomic E-state index is 12.3. The SMILES string of the molecule is CC(N)C1CCN(C(=O)C2CCCCC2)C1. The quantitative estimate of drug-likeness (QED) is 0.777. The molecule has 1 amide bonds. The van der Waals surface area contributed by atoms with Crippen LogP contribution in [0.4, 0.5) is 0 Å². The van der Waals surface area contributed by atoms with Crippen LogP contribution in [0.2, 0.25) is 0 Å². The minimum Gasteiger partial charge on any atom is -0.342 e. The molecule has 2 N–H and O–H groups in total. The third-order valence-electron chi connectivity index (χ3n) is 4.23. The topological polar surface area (TPSA) is 46.3 Å². The van der Waals surface area contributed by atoms with Gasteiger partial charge in [-0.15, -0.1) is 0 Å². The lowest BCUT2D eigenvalue weighted by molar-refractivity contribution is -0.135. The highest BCUT2D eigenvalue weighted by Crippen LogP contribution is 2.28. The summed E-state index contributed by atoms with van der Waals surface area (Å²) in [6.45, 7) is 3.88. The summed E-state index contributed by atoms with van der Waals surface area (Å²) in [7, 11) is 0. The highest BCUT2D eigenvalue weighted by molar-refractivity contribution is 5.79. The zero-order chi connectivity index (χ0) is 11.5. The second-order valence-electron chi connectivity index (χ2n) is 5.53. The predicted octanol–water partition coefficient (Wildman–Crippen LogP) is 1.76. The standard InChI is InChI=1S/C13H24N2O/c1-10(14)12-7-8-15(9-12)13(16)11-5-3-2-4-6-11/h10-12H,2-9,14H2,1H3. The molecule has 0 radical (unpaired) electrons. The second-order valence-corrected chi connectivity index (χ2v) is 5.53. The Hall–Kier alpha value is -0.570. The molecule has 2 unspecified atom stereocenters. The number of likely N-dealkylation sites (tertiary alicyclic amines) is 1. The van der Waals surface area contributed by atoms with Crippen LogP contribution in [0.5, 0.6) is 0 Å². The Labute approximate surface area is 98.4 Å². The number of rotatable bonds is 2. The smallest absolute Gasteiger partial charge is 0.225 e. The summed E-state index contributed by atoms with van der Waals surface area (Å²) in [5, 5.41) is 0. The van der Waals surface area contributed by atoms with Gasteiger partial charge in [0.2, 0.25) is 5.91 Å². The number of carbonyl (C=O) groups excluding carboxylic acids is 1. The molecule has 1 heterocycles. The van der Waals surface area contributed by atoms with Gasteiger partial charge in [-0.2, -0.15) is 0 Å². The molecule has 2 aliphatic rings. The van der Waals surface area contributed by atoms with Crippen LogP contribution < -0.4 is 5.73 Å². The van der Waals surface area contributed by atoms with Gasteiger partial charge in [0, 0.05) is 25.0 Å². The fourth-order valence-electron chi connectivity index (χ4n) is 3.02. The van der Waals surface area contributed by atoms with Crippen LogP contribution in [0.3, 0.4) is 0 Å².